The second kappa shape index (κ2) is 6.07. The van der Waals surface area contributed by atoms with Gasteiger partial charge in [-0.3, -0.25) is 5.32 Å². The van der Waals surface area contributed by atoms with Gasteiger partial charge in [0.05, 0.1) is 0 Å². The number of nitrogens with zero attached hydrogens (tertiary/aromatic N) is 1. The lowest BCUT2D eigenvalue weighted by atomic mass is 10.1. The van der Waals surface area contributed by atoms with E-state index < -0.39 is 0 Å². The third-order valence-electron chi connectivity index (χ3n) is 2.32. The van der Waals surface area contributed by atoms with Crippen LogP contribution in [0.5, 0.6) is 0 Å². The number of halogens is 1. The average Bonchev–Trinajstić information content (AvgIpc) is 2.84. The summed E-state index contributed by atoms with van der Waals surface area (Å²) >= 11 is 6.00. The van der Waals surface area contributed by atoms with E-state index in [0.29, 0.717) is 23.8 Å². The van der Waals surface area contributed by atoms with E-state index in [9.17, 15) is 4.79 Å². The highest BCUT2D eigenvalue weighted by Crippen LogP contribution is 2.14. The predicted molar refractivity (Wildman–Crippen MR) is 68.7 cm³/mol. The molecule has 0 unspecified atom stereocenters. The molecular formula is C12H12ClN3O2. The SMILES string of the molecule is O=C(NCCc1ccccc1Cl)Nc1ccon1. The number of nitrogens with one attached hydrogen (secondary N) is 2. The molecule has 5 nitrogen and oxygen atoms in total. The van der Waals surface area contributed by atoms with E-state index in [0.717, 1.165) is 5.56 Å². The van der Waals surface area contributed by atoms with Gasteiger partial charge >= 0.3 is 6.03 Å². The van der Waals surface area contributed by atoms with Gasteiger partial charge in [-0.05, 0) is 18.1 Å². The number of urea groups is 1. The van der Waals surface area contributed by atoms with Gasteiger partial charge in [0.25, 0.3) is 0 Å². The molecule has 0 radical (unpaired) electrons. The van der Waals surface area contributed by atoms with E-state index in [2.05, 4.69) is 20.3 Å². The fourth-order valence-electron chi connectivity index (χ4n) is 1.45. The Labute approximate surface area is 109 Å². The van der Waals surface area contributed by atoms with Crippen molar-refractivity contribution in [1.82, 2.24) is 10.5 Å². The Morgan fingerprint density at radius 3 is 2.89 bits per heavy atom. The van der Waals surface area contributed by atoms with Gasteiger partial charge in [0.15, 0.2) is 5.82 Å². The molecule has 1 heterocycles. The van der Waals surface area contributed by atoms with Crippen molar-refractivity contribution in [2.24, 2.45) is 0 Å². The van der Waals surface area contributed by atoms with Crippen molar-refractivity contribution in [3.8, 4) is 0 Å². The van der Waals surface area contributed by atoms with Crippen LogP contribution in [0.15, 0.2) is 41.1 Å². The molecular weight excluding hydrogens is 254 g/mol. The molecule has 0 spiro atoms. The van der Waals surface area contributed by atoms with Crippen molar-refractivity contribution in [1.29, 1.82) is 0 Å². The standard InChI is InChI=1S/C12H12ClN3O2/c13-10-4-2-1-3-9(10)5-7-14-12(17)15-11-6-8-18-16-11/h1-4,6,8H,5,7H2,(H2,14,15,16,17). The zero-order valence-electron chi connectivity index (χ0n) is 9.52. The van der Waals surface area contributed by atoms with Crippen LogP contribution >= 0.6 is 11.6 Å². The molecule has 2 rings (SSSR count). The first kappa shape index (κ1) is 12.4. The Morgan fingerprint density at radius 2 is 2.17 bits per heavy atom. The zero-order chi connectivity index (χ0) is 12.8. The summed E-state index contributed by atoms with van der Waals surface area (Å²) in [6, 6.07) is 8.78. The topological polar surface area (TPSA) is 67.2 Å². The van der Waals surface area contributed by atoms with Gasteiger partial charge < -0.3 is 9.84 Å². The molecule has 6 heteroatoms. The molecule has 0 aliphatic carbocycles. The fraction of sp³-hybridized carbons (Fsp3) is 0.167. The Morgan fingerprint density at radius 1 is 1.33 bits per heavy atom. The highest BCUT2D eigenvalue weighted by atomic mass is 35.5. The van der Waals surface area contributed by atoms with E-state index in [-0.39, 0.29) is 6.03 Å². The molecule has 1 aromatic heterocycles. The number of amides is 2. The van der Waals surface area contributed by atoms with Crippen LogP contribution in [-0.2, 0) is 6.42 Å². The van der Waals surface area contributed by atoms with Crippen molar-refractivity contribution in [2.45, 2.75) is 6.42 Å². The molecule has 0 aliphatic heterocycles. The van der Waals surface area contributed by atoms with E-state index in [1.165, 1.54) is 6.26 Å². The minimum absolute atomic E-state index is 0.323. The second-order valence-electron chi connectivity index (χ2n) is 3.61. The summed E-state index contributed by atoms with van der Waals surface area (Å²) in [4.78, 5) is 11.4. The summed E-state index contributed by atoms with van der Waals surface area (Å²) < 4.78 is 4.59. The largest absolute Gasteiger partial charge is 0.363 e. The molecule has 0 saturated carbocycles. The van der Waals surface area contributed by atoms with Crippen LogP contribution in [0.3, 0.4) is 0 Å². The number of anilines is 1. The summed E-state index contributed by atoms with van der Waals surface area (Å²) in [5, 5.41) is 9.51. The molecule has 0 saturated heterocycles. The first-order valence-electron chi connectivity index (χ1n) is 5.44. The third kappa shape index (κ3) is 3.49. The quantitative estimate of drug-likeness (QED) is 0.893. The van der Waals surface area contributed by atoms with Gasteiger partial charge in [-0.2, -0.15) is 0 Å². The number of carbonyl (C=O) groups is 1. The van der Waals surface area contributed by atoms with Crippen LogP contribution in [0, 0.1) is 0 Å². The minimum atomic E-state index is -0.323. The Kier molecular flexibility index (Phi) is 4.20. The maximum atomic E-state index is 11.4. The molecule has 0 atom stereocenters. The zero-order valence-corrected chi connectivity index (χ0v) is 10.3. The van der Waals surface area contributed by atoms with Crippen molar-refractivity contribution < 1.29 is 9.32 Å². The summed E-state index contributed by atoms with van der Waals surface area (Å²) in [6.07, 6.45) is 2.06. The Hall–Kier alpha value is -2.01. The summed E-state index contributed by atoms with van der Waals surface area (Å²) in [7, 11) is 0. The molecule has 94 valence electrons. The first-order chi connectivity index (χ1) is 8.75. The van der Waals surface area contributed by atoms with Crippen LogP contribution in [0.1, 0.15) is 5.56 Å². The third-order valence-corrected chi connectivity index (χ3v) is 2.69. The fourth-order valence-corrected chi connectivity index (χ4v) is 1.68. The van der Waals surface area contributed by atoms with Crippen molar-refractivity contribution in [3.63, 3.8) is 0 Å². The van der Waals surface area contributed by atoms with Crippen LogP contribution in [0.25, 0.3) is 0 Å². The van der Waals surface area contributed by atoms with E-state index in [1.54, 1.807) is 6.07 Å². The number of hydrogen-bond acceptors (Lipinski definition) is 3. The van der Waals surface area contributed by atoms with Crippen molar-refractivity contribution >= 4 is 23.4 Å². The number of aromatic nitrogens is 1. The highest BCUT2D eigenvalue weighted by Gasteiger charge is 2.04. The van der Waals surface area contributed by atoms with Gasteiger partial charge in [0.2, 0.25) is 0 Å². The maximum Gasteiger partial charge on any atom is 0.320 e. The van der Waals surface area contributed by atoms with Gasteiger partial charge in [0.1, 0.15) is 6.26 Å². The normalized spacial score (nSPS) is 10.1. The van der Waals surface area contributed by atoms with Gasteiger partial charge in [-0.15, -0.1) is 0 Å². The Bertz CT molecular complexity index is 514. The number of benzene rings is 1. The molecule has 18 heavy (non-hydrogen) atoms. The van der Waals surface area contributed by atoms with Gasteiger partial charge in [-0.1, -0.05) is 35.0 Å². The van der Waals surface area contributed by atoms with Crippen LogP contribution < -0.4 is 10.6 Å². The summed E-state index contributed by atoms with van der Waals surface area (Å²) in [6.45, 7) is 0.493. The van der Waals surface area contributed by atoms with Crippen LogP contribution in [0.4, 0.5) is 10.6 Å². The number of carbonyl (C=O) groups excluding carboxylic acids is 1. The summed E-state index contributed by atoms with van der Waals surface area (Å²) in [5.41, 5.74) is 1.00. The van der Waals surface area contributed by atoms with E-state index >= 15 is 0 Å². The smallest absolute Gasteiger partial charge is 0.320 e. The lowest BCUT2D eigenvalue weighted by Crippen LogP contribution is -2.30. The molecule has 2 amide bonds. The molecule has 0 fully saturated rings. The van der Waals surface area contributed by atoms with Crippen molar-refractivity contribution in [2.75, 3.05) is 11.9 Å². The lowest BCUT2D eigenvalue weighted by Gasteiger charge is -2.06. The van der Waals surface area contributed by atoms with Gasteiger partial charge in [0, 0.05) is 17.6 Å². The molecule has 2 N–H and O–H groups in total. The average molecular weight is 266 g/mol. The molecule has 0 aliphatic rings. The van der Waals surface area contributed by atoms with Crippen LogP contribution in [-0.4, -0.2) is 17.7 Å². The maximum absolute atomic E-state index is 11.4. The first-order valence-corrected chi connectivity index (χ1v) is 5.82. The highest BCUT2D eigenvalue weighted by molar-refractivity contribution is 6.31. The van der Waals surface area contributed by atoms with Gasteiger partial charge in [-0.25, -0.2) is 4.79 Å². The van der Waals surface area contributed by atoms with Crippen LogP contribution in [0.2, 0.25) is 5.02 Å². The van der Waals surface area contributed by atoms with Crippen molar-refractivity contribution in [3.05, 3.63) is 47.2 Å². The Balaban J connectivity index is 1.75. The minimum Gasteiger partial charge on any atom is -0.363 e. The lowest BCUT2D eigenvalue weighted by molar-refractivity contribution is 0.252. The number of hydrogen-bond donors (Lipinski definition) is 2. The van der Waals surface area contributed by atoms with E-state index in [4.69, 9.17) is 11.6 Å². The second-order valence-corrected chi connectivity index (χ2v) is 4.01. The van der Waals surface area contributed by atoms with E-state index in [1.807, 2.05) is 24.3 Å². The monoisotopic (exact) mass is 265 g/mol. The summed E-state index contributed by atoms with van der Waals surface area (Å²) in [5.74, 6) is 0.380. The number of rotatable bonds is 4. The predicted octanol–water partition coefficient (Wildman–Crippen LogP) is 2.69. The molecule has 2 aromatic rings. The molecule has 1 aromatic carbocycles. The molecule has 0 bridgehead atoms.